The fourth-order valence-corrected chi connectivity index (χ4v) is 8.68. The highest BCUT2D eigenvalue weighted by Crippen LogP contribution is 2.56. The summed E-state index contributed by atoms with van der Waals surface area (Å²) in [5.41, 5.74) is 4.00. The van der Waals surface area contributed by atoms with Crippen LogP contribution in [-0.2, 0) is 25.7 Å². The van der Waals surface area contributed by atoms with Gasteiger partial charge in [-0.3, -0.25) is 29.0 Å². The fraction of sp³-hybridized carbons (Fsp3) is 0.389. The number of ether oxygens (including phenoxy) is 1. The van der Waals surface area contributed by atoms with Gasteiger partial charge in [-0.25, -0.2) is 0 Å². The van der Waals surface area contributed by atoms with Crippen LogP contribution < -0.4 is 4.74 Å². The van der Waals surface area contributed by atoms with Crippen molar-refractivity contribution in [3.05, 3.63) is 92.5 Å². The van der Waals surface area contributed by atoms with Crippen LogP contribution in [0.25, 0.3) is 0 Å². The normalized spacial score (nSPS) is 27.2. The summed E-state index contributed by atoms with van der Waals surface area (Å²) in [6.45, 7) is 4.09. The lowest BCUT2D eigenvalue weighted by atomic mass is 9.59. The molecule has 7 rings (SSSR count). The minimum atomic E-state index is -0.608. The van der Waals surface area contributed by atoms with Crippen LogP contribution in [0.1, 0.15) is 49.7 Å². The fourth-order valence-electron chi connectivity index (χ4n) is 8.22. The smallest absolute Gasteiger partial charge is 0.233 e. The summed E-state index contributed by atoms with van der Waals surface area (Å²) in [5.74, 6) is -2.60. The first-order valence-electron chi connectivity index (χ1n) is 15.6. The van der Waals surface area contributed by atoms with Crippen molar-refractivity contribution in [2.75, 3.05) is 20.2 Å². The number of phenolic OH excluding ortho intramolecular Hbond substituents is 1. The molecule has 4 unspecified atom stereocenters. The van der Waals surface area contributed by atoms with Crippen LogP contribution in [0.3, 0.4) is 0 Å². The monoisotopic (exact) mass is 670 g/mol. The number of ketones is 2. The summed E-state index contributed by atoms with van der Waals surface area (Å²) in [6.07, 6.45) is 5.51. The Morgan fingerprint density at radius 3 is 2.44 bits per heavy atom. The zero-order valence-corrected chi connectivity index (χ0v) is 26.9. The van der Waals surface area contributed by atoms with Crippen molar-refractivity contribution < 1.29 is 29.0 Å². The highest BCUT2D eigenvalue weighted by molar-refractivity contribution is 9.10. The molecule has 0 spiro atoms. The van der Waals surface area contributed by atoms with Gasteiger partial charge < -0.3 is 9.84 Å². The number of aromatic hydroxyl groups is 1. The van der Waals surface area contributed by atoms with Crippen molar-refractivity contribution in [3.8, 4) is 11.5 Å². The van der Waals surface area contributed by atoms with Crippen LogP contribution in [0.15, 0.2) is 81.4 Å². The maximum absolute atomic E-state index is 14.3. The van der Waals surface area contributed by atoms with Crippen LogP contribution in [0, 0.1) is 17.8 Å². The third-order valence-electron chi connectivity index (χ3n) is 10.4. The van der Waals surface area contributed by atoms with Gasteiger partial charge in [-0.1, -0.05) is 42.0 Å². The summed E-state index contributed by atoms with van der Waals surface area (Å²) in [6, 6.07) is 13.6. The molecular formula is C36H35BrN2O6. The van der Waals surface area contributed by atoms with Gasteiger partial charge in [0, 0.05) is 48.3 Å². The maximum atomic E-state index is 14.3. The number of methoxy groups -OCH3 is 1. The molecule has 2 amide bonds. The number of nitrogens with zero attached hydrogens (tertiary/aromatic N) is 2. The Kier molecular flexibility index (Phi) is 7.64. The number of amides is 2. The van der Waals surface area contributed by atoms with E-state index in [0.717, 1.165) is 38.0 Å². The molecule has 232 valence electrons. The molecule has 5 aliphatic rings. The van der Waals surface area contributed by atoms with Gasteiger partial charge in [0.1, 0.15) is 0 Å². The quantitative estimate of drug-likeness (QED) is 0.263. The molecule has 2 aliphatic heterocycles. The first-order valence-corrected chi connectivity index (χ1v) is 16.4. The number of halogens is 1. The van der Waals surface area contributed by atoms with E-state index in [1.165, 1.54) is 18.7 Å². The highest BCUT2D eigenvalue weighted by Gasteiger charge is 2.57. The molecule has 3 aliphatic carbocycles. The Bertz CT molecular complexity index is 1720. The summed E-state index contributed by atoms with van der Waals surface area (Å²) in [4.78, 5) is 59.3. The molecule has 0 saturated carbocycles. The first-order chi connectivity index (χ1) is 21.7. The van der Waals surface area contributed by atoms with E-state index in [-0.39, 0.29) is 47.3 Å². The number of likely N-dealkylation sites (tertiary alicyclic amines) is 2. The molecule has 2 aromatic rings. The second kappa shape index (κ2) is 11.5. The van der Waals surface area contributed by atoms with Crippen LogP contribution in [0.4, 0.5) is 0 Å². The summed E-state index contributed by atoms with van der Waals surface area (Å²) >= 11 is 3.42. The van der Waals surface area contributed by atoms with E-state index in [2.05, 4.69) is 33.0 Å². The molecule has 0 bridgehead atoms. The molecule has 45 heavy (non-hydrogen) atoms. The molecule has 2 fully saturated rings. The number of carbonyl (C=O) groups excluding carboxylic acids is 4. The summed E-state index contributed by atoms with van der Waals surface area (Å²) < 4.78 is 5.83. The van der Waals surface area contributed by atoms with E-state index in [0.29, 0.717) is 33.2 Å². The van der Waals surface area contributed by atoms with Gasteiger partial charge in [-0.15, -0.1) is 0 Å². The topological polar surface area (TPSA) is 104 Å². The average molecular weight is 672 g/mol. The van der Waals surface area contributed by atoms with E-state index in [4.69, 9.17) is 4.74 Å². The zero-order chi connectivity index (χ0) is 31.6. The number of Topliss-reactive ketones (excluding diaryl/α,β-unsaturated/α-hetero) is 1. The summed E-state index contributed by atoms with van der Waals surface area (Å²) in [7, 11) is 1.45. The van der Waals surface area contributed by atoms with E-state index < -0.39 is 23.7 Å². The molecule has 8 nitrogen and oxygen atoms in total. The van der Waals surface area contributed by atoms with Gasteiger partial charge in [0.25, 0.3) is 0 Å². The molecule has 2 heterocycles. The molecule has 2 saturated heterocycles. The van der Waals surface area contributed by atoms with Gasteiger partial charge in [0.05, 0.1) is 23.4 Å². The van der Waals surface area contributed by atoms with E-state index in [1.54, 1.807) is 24.0 Å². The predicted octanol–water partition coefficient (Wildman–Crippen LogP) is 5.26. The van der Waals surface area contributed by atoms with Crippen molar-refractivity contribution in [2.45, 2.75) is 51.1 Å². The molecule has 0 radical (unpaired) electrons. The first kappa shape index (κ1) is 29.9. The highest BCUT2D eigenvalue weighted by atomic mass is 79.9. The maximum Gasteiger partial charge on any atom is 0.233 e. The van der Waals surface area contributed by atoms with Crippen LogP contribution in [0.5, 0.6) is 11.5 Å². The van der Waals surface area contributed by atoms with Gasteiger partial charge >= 0.3 is 0 Å². The molecule has 1 N–H and O–H groups in total. The molecular weight excluding hydrogens is 636 g/mol. The molecule has 2 aromatic carbocycles. The van der Waals surface area contributed by atoms with Crippen molar-refractivity contribution in [2.24, 2.45) is 17.8 Å². The number of rotatable bonds is 5. The minimum absolute atomic E-state index is 0.0651. The molecule has 4 atom stereocenters. The number of fused-ring (bicyclic) bond motifs is 3. The second-order valence-corrected chi connectivity index (χ2v) is 13.7. The second-order valence-electron chi connectivity index (χ2n) is 12.8. The Morgan fingerprint density at radius 1 is 1.00 bits per heavy atom. The summed E-state index contributed by atoms with van der Waals surface area (Å²) in [5, 5.41) is 10.5. The lowest BCUT2D eigenvalue weighted by Crippen LogP contribution is -2.47. The number of benzene rings is 2. The number of phenols is 1. The Hall–Kier alpha value is -3.82. The predicted molar refractivity (Wildman–Crippen MR) is 170 cm³/mol. The van der Waals surface area contributed by atoms with Crippen molar-refractivity contribution >= 4 is 39.3 Å². The van der Waals surface area contributed by atoms with Crippen LogP contribution >= 0.6 is 15.9 Å². The van der Waals surface area contributed by atoms with E-state index >= 15 is 0 Å². The third kappa shape index (κ3) is 4.91. The van der Waals surface area contributed by atoms with Gasteiger partial charge in [-0.05, 0) is 83.8 Å². The Morgan fingerprint density at radius 2 is 1.73 bits per heavy atom. The Balaban J connectivity index is 1.21. The lowest BCUT2D eigenvalue weighted by molar-refractivity contribution is -0.144. The number of allylic oxidation sites excluding steroid dienone is 6. The van der Waals surface area contributed by atoms with Crippen molar-refractivity contribution in [1.82, 2.24) is 9.80 Å². The van der Waals surface area contributed by atoms with Gasteiger partial charge in [0.15, 0.2) is 23.1 Å². The van der Waals surface area contributed by atoms with Crippen LogP contribution in [-0.4, -0.2) is 64.5 Å². The standard InChI is InChI=1S/C36H35BrN2O6/c1-19-14-28(40)26-17-25-23(30(32(26)33(19)41)21-15-27(37)34(42)29(16-21)45-2)8-9-24-31(25)36(44)39(35(24)43)22-10-12-38(13-11-22)18-20-6-4-3-5-7-20/h3-8,14-16,22,24-25,30-31,42H,9-13,17-18H2,1-2H3. The zero-order valence-electron chi connectivity index (χ0n) is 25.3. The average Bonchev–Trinajstić information content (AvgIpc) is 3.30. The van der Waals surface area contributed by atoms with Crippen molar-refractivity contribution in [3.63, 3.8) is 0 Å². The van der Waals surface area contributed by atoms with E-state index in [9.17, 15) is 24.3 Å². The molecule has 9 heteroatoms. The number of carbonyl (C=O) groups is 4. The number of hydrogen-bond acceptors (Lipinski definition) is 7. The Labute approximate surface area is 270 Å². The largest absolute Gasteiger partial charge is 0.503 e. The number of piperidine rings is 1. The van der Waals surface area contributed by atoms with Gasteiger partial charge in [0.2, 0.25) is 11.8 Å². The van der Waals surface area contributed by atoms with E-state index in [1.807, 2.05) is 24.3 Å². The lowest BCUT2D eigenvalue weighted by Gasteiger charge is -2.42. The number of imide groups is 1. The SMILES string of the molecule is COc1cc(C2C3=CCC4C(=O)N(C5CCN(Cc6ccccc6)CC5)C(=O)C4C3CC3=C2C(=O)C(C)=CC3=O)cc(Br)c1O. The minimum Gasteiger partial charge on any atom is -0.503 e. The van der Waals surface area contributed by atoms with Gasteiger partial charge in [-0.2, -0.15) is 0 Å². The third-order valence-corrected chi connectivity index (χ3v) is 11.0. The van der Waals surface area contributed by atoms with Crippen LogP contribution in [0.2, 0.25) is 0 Å². The number of hydrogen-bond donors (Lipinski definition) is 1. The molecule has 0 aromatic heterocycles. The van der Waals surface area contributed by atoms with Crippen molar-refractivity contribution in [1.29, 1.82) is 0 Å².